The van der Waals surface area contributed by atoms with Gasteiger partial charge in [-0.15, -0.1) is 0 Å². The summed E-state index contributed by atoms with van der Waals surface area (Å²) < 4.78 is 25.8. The molecule has 1 aliphatic rings. The van der Waals surface area contributed by atoms with Crippen LogP contribution in [0.15, 0.2) is 0 Å². The van der Waals surface area contributed by atoms with Crippen LogP contribution in [0.5, 0.6) is 0 Å². The average Bonchev–Trinajstić information content (AvgIpc) is 2.44. The zero-order chi connectivity index (χ0) is 15.3. The third kappa shape index (κ3) is 4.54. The minimum Gasteiger partial charge on any atom is -0.297 e. The molecule has 116 valence electrons. The van der Waals surface area contributed by atoms with Crippen LogP contribution in [0.25, 0.3) is 0 Å². The van der Waals surface area contributed by atoms with Gasteiger partial charge in [-0.1, -0.05) is 44.9 Å². The molecule has 1 rings (SSSR count). The van der Waals surface area contributed by atoms with E-state index in [-0.39, 0.29) is 11.0 Å². The molecule has 0 aromatic carbocycles. The number of rotatable bonds is 6. The van der Waals surface area contributed by atoms with Crippen LogP contribution >= 0.6 is 11.8 Å². The highest BCUT2D eigenvalue weighted by molar-refractivity contribution is 8.22. The highest BCUT2D eigenvalue weighted by atomic mass is 32.3. The van der Waals surface area contributed by atoms with Gasteiger partial charge in [-0.2, -0.15) is 18.6 Å². The Morgan fingerprint density at radius 3 is 2.20 bits per heavy atom. The first-order valence-corrected chi connectivity index (χ1v) is 9.01. The van der Waals surface area contributed by atoms with Gasteiger partial charge in [0.25, 0.3) is 0 Å². The van der Waals surface area contributed by atoms with E-state index in [0.717, 1.165) is 32.1 Å². The van der Waals surface area contributed by atoms with Crippen molar-refractivity contribution in [3.05, 3.63) is 0 Å². The highest BCUT2D eigenvalue weighted by Gasteiger charge is 2.39. The van der Waals surface area contributed by atoms with Crippen LogP contribution in [0, 0.1) is 11.8 Å². The van der Waals surface area contributed by atoms with Crippen LogP contribution in [0.1, 0.15) is 46.0 Å². The highest BCUT2D eigenvalue weighted by Crippen LogP contribution is 2.32. The predicted molar refractivity (Wildman–Crippen MR) is 77.0 cm³/mol. The molecule has 1 atom stereocenters. The van der Waals surface area contributed by atoms with E-state index in [4.69, 9.17) is 5.90 Å². The topological polar surface area (TPSA) is 104 Å². The van der Waals surface area contributed by atoms with Crippen LogP contribution in [0.4, 0.5) is 0 Å². The molecule has 0 aromatic rings. The van der Waals surface area contributed by atoms with Gasteiger partial charge in [0.05, 0.1) is 0 Å². The van der Waals surface area contributed by atoms with Gasteiger partial charge in [0.15, 0.2) is 15.5 Å². The molecule has 2 N–H and O–H groups in total. The second-order valence-electron chi connectivity index (χ2n) is 5.25. The third-order valence-corrected chi connectivity index (χ3v) is 6.39. The molecule has 1 unspecified atom stereocenters. The zero-order valence-electron chi connectivity index (χ0n) is 11.7. The first-order valence-electron chi connectivity index (χ1n) is 6.66. The monoisotopic (exact) mass is 323 g/mol. The Bertz CT molecular complexity index is 454. The zero-order valence-corrected chi connectivity index (χ0v) is 13.3. The molecule has 0 heterocycles. The molecular formula is C12H21NO5S2. The van der Waals surface area contributed by atoms with Gasteiger partial charge < -0.3 is 0 Å². The summed E-state index contributed by atoms with van der Waals surface area (Å²) >= 11 is 0.538. The first kappa shape index (κ1) is 17.6. The van der Waals surface area contributed by atoms with Crippen molar-refractivity contribution in [3.63, 3.8) is 0 Å². The number of ketones is 1. The summed E-state index contributed by atoms with van der Waals surface area (Å²) in [5.74, 6) is 3.48. The maximum Gasteiger partial charge on any atom is 0.303 e. The molecule has 0 aliphatic heterocycles. The van der Waals surface area contributed by atoms with Gasteiger partial charge in [0.1, 0.15) is 0 Å². The molecule has 20 heavy (non-hydrogen) atoms. The van der Waals surface area contributed by atoms with Crippen LogP contribution in [0.2, 0.25) is 0 Å². The van der Waals surface area contributed by atoms with Crippen molar-refractivity contribution >= 4 is 32.8 Å². The normalized spacial score (nSPS) is 19.0. The molecule has 8 heteroatoms. The number of nitrogens with two attached hydrogens (primary N) is 1. The van der Waals surface area contributed by atoms with Gasteiger partial charge in [-0.25, -0.2) is 0 Å². The van der Waals surface area contributed by atoms with E-state index < -0.39 is 26.4 Å². The number of carbonyl (C=O) groups excluding carboxylic acids is 2. The van der Waals surface area contributed by atoms with Crippen LogP contribution in [-0.4, -0.2) is 23.9 Å². The summed E-state index contributed by atoms with van der Waals surface area (Å²) in [6.45, 7) is 3.15. The van der Waals surface area contributed by atoms with Gasteiger partial charge in [-0.3, -0.25) is 9.59 Å². The maximum atomic E-state index is 12.1. The molecule has 6 nitrogen and oxygen atoms in total. The van der Waals surface area contributed by atoms with Crippen molar-refractivity contribution in [1.82, 2.24) is 0 Å². The van der Waals surface area contributed by atoms with Crippen LogP contribution in [-0.2, 0) is 24.0 Å². The van der Waals surface area contributed by atoms with Gasteiger partial charge in [-0.05, 0) is 12.8 Å². The summed E-state index contributed by atoms with van der Waals surface area (Å²) in [6.07, 6.45) is 4.50. The quantitative estimate of drug-likeness (QED) is 0.740. The van der Waals surface area contributed by atoms with E-state index >= 15 is 0 Å². The Morgan fingerprint density at radius 2 is 1.75 bits per heavy atom. The largest absolute Gasteiger partial charge is 0.303 e. The molecule has 0 aromatic heterocycles. The second kappa shape index (κ2) is 7.53. The lowest BCUT2D eigenvalue weighted by Crippen LogP contribution is -2.35. The van der Waals surface area contributed by atoms with E-state index in [1.165, 1.54) is 0 Å². The molecule has 0 spiro atoms. The second-order valence-corrected chi connectivity index (χ2v) is 8.31. The minimum atomic E-state index is -4.27. The summed E-state index contributed by atoms with van der Waals surface area (Å²) in [4.78, 5) is 24.1. The predicted octanol–water partition coefficient (Wildman–Crippen LogP) is 1.60. The lowest BCUT2D eigenvalue weighted by atomic mass is 9.90. The molecule has 0 saturated heterocycles. The fourth-order valence-corrected chi connectivity index (χ4v) is 4.70. The Kier molecular flexibility index (Phi) is 6.63. The van der Waals surface area contributed by atoms with Crippen LogP contribution in [0.3, 0.4) is 0 Å². The van der Waals surface area contributed by atoms with Gasteiger partial charge in [0.2, 0.25) is 0 Å². The van der Waals surface area contributed by atoms with E-state index in [0.29, 0.717) is 11.8 Å². The number of hydrogen-bond donors (Lipinski definition) is 1. The Morgan fingerprint density at radius 1 is 1.20 bits per heavy atom. The van der Waals surface area contributed by atoms with Crippen molar-refractivity contribution < 1.29 is 22.3 Å². The molecule has 0 bridgehead atoms. The van der Waals surface area contributed by atoms with E-state index in [2.05, 4.69) is 4.28 Å². The maximum absolute atomic E-state index is 12.1. The average molecular weight is 323 g/mol. The number of hydrogen-bond acceptors (Lipinski definition) is 7. The summed E-state index contributed by atoms with van der Waals surface area (Å²) in [7, 11) is -4.27. The first-order chi connectivity index (χ1) is 9.29. The molecule has 0 radical (unpaired) electrons. The van der Waals surface area contributed by atoms with Crippen molar-refractivity contribution in [3.8, 4) is 0 Å². The number of thioether (sulfide) groups is 1. The van der Waals surface area contributed by atoms with Crippen LogP contribution < -0.4 is 5.90 Å². The molecule has 0 amide bonds. The molecule has 1 saturated carbocycles. The van der Waals surface area contributed by atoms with Crippen molar-refractivity contribution in [2.75, 3.05) is 0 Å². The number of Topliss-reactive ketones (excluding diaryl/α,β-unsaturated/α-hetero) is 1. The van der Waals surface area contributed by atoms with E-state index in [1.54, 1.807) is 13.8 Å². The summed E-state index contributed by atoms with van der Waals surface area (Å²) in [5.41, 5.74) is 0. The minimum absolute atomic E-state index is 0.177. The van der Waals surface area contributed by atoms with Gasteiger partial charge >= 0.3 is 10.1 Å². The summed E-state index contributed by atoms with van der Waals surface area (Å²) in [5, 5.41) is -0.260. The Labute approximate surface area is 123 Å². The third-order valence-electron chi connectivity index (χ3n) is 3.36. The standard InChI is InChI=1S/C12H21NO5S2/c1-8(2)10(14)12(20(16,17)18-13)19-11(15)9-6-4-3-5-7-9/h8-9,12H,3-7,13H2,1-2H3. The number of carbonyl (C=O) groups is 2. The SMILES string of the molecule is CC(C)C(=O)C(SC(=O)C1CCCCC1)S(=O)(=O)ON. The van der Waals surface area contributed by atoms with Crippen molar-refractivity contribution in [1.29, 1.82) is 0 Å². The molecule has 1 aliphatic carbocycles. The lowest BCUT2D eigenvalue weighted by Gasteiger charge is -2.22. The molecular weight excluding hydrogens is 302 g/mol. The smallest absolute Gasteiger partial charge is 0.297 e. The molecule has 1 fully saturated rings. The fraction of sp³-hybridized carbons (Fsp3) is 0.833. The van der Waals surface area contributed by atoms with Crippen molar-refractivity contribution in [2.24, 2.45) is 17.7 Å². The fourth-order valence-electron chi connectivity index (χ4n) is 2.12. The van der Waals surface area contributed by atoms with Crippen molar-refractivity contribution in [2.45, 2.75) is 50.5 Å². The van der Waals surface area contributed by atoms with Gasteiger partial charge in [0, 0.05) is 11.8 Å². The lowest BCUT2D eigenvalue weighted by molar-refractivity contribution is -0.120. The van der Waals surface area contributed by atoms with E-state index in [1.807, 2.05) is 0 Å². The Balaban J connectivity index is 2.84. The Hall–Kier alpha value is -0.440. The summed E-state index contributed by atoms with van der Waals surface area (Å²) in [6, 6.07) is 0. The van der Waals surface area contributed by atoms with E-state index in [9.17, 15) is 18.0 Å².